The van der Waals surface area contributed by atoms with Gasteiger partial charge in [0, 0.05) is 5.56 Å². The average molecular weight is 301 g/mol. The summed E-state index contributed by atoms with van der Waals surface area (Å²) < 4.78 is 0. The summed E-state index contributed by atoms with van der Waals surface area (Å²) in [5, 5.41) is 10.9. The van der Waals surface area contributed by atoms with Crippen LogP contribution in [-0.2, 0) is 11.2 Å². The summed E-state index contributed by atoms with van der Waals surface area (Å²) in [6, 6.07) is 6.89. The van der Waals surface area contributed by atoms with Gasteiger partial charge in [0.1, 0.15) is 4.88 Å². The third-order valence-corrected chi connectivity index (χ3v) is 4.48. The number of carbonyl (C=O) groups excluding carboxylic acids is 2. The SMILES string of the molecule is Cc1csc(C(=O)O)c1N1C(=O)Cc2ccccc2C1=O. The summed E-state index contributed by atoms with van der Waals surface area (Å²) in [6.07, 6.45) is 0.0935. The van der Waals surface area contributed by atoms with Crippen LogP contribution in [0.3, 0.4) is 0 Å². The molecule has 2 aromatic rings. The van der Waals surface area contributed by atoms with E-state index in [9.17, 15) is 19.5 Å². The third kappa shape index (κ3) is 2.04. The lowest BCUT2D eigenvalue weighted by Gasteiger charge is -2.27. The minimum Gasteiger partial charge on any atom is -0.477 e. The minimum absolute atomic E-state index is 0.00795. The number of nitrogens with zero attached hydrogens (tertiary/aromatic N) is 1. The Morgan fingerprint density at radius 3 is 2.71 bits per heavy atom. The molecule has 0 aliphatic carbocycles. The zero-order valence-corrected chi connectivity index (χ0v) is 11.9. The van der Waals surface area contributed by atoms with Gasteiger partial charge in [0.15, 0.2) is 0 Å². The highest BCUT2D eigenvalue weighted by Crippen LogP contribution is 2.34. The van der Waals surface area contributed by atoms with E-state index in [2.05, 4.69) is 0 Å². The number of rotatable bonds is 2. The molecule has 0 atom stereocenters. The van der Waals surface area contributed by atoms with Crippen LogP contribution >= 0.6 is 11.3 Å². The van der Waals surface area contributed by atoms with E-state index in [1.165, 1.54) is 0 Å². The van der Waals surface area contributed by atoms with Crippen molar-refractivity contribution in [2.24, 2.45) is 0 Å². The van der Waals surface area contributed by atoms with Gasteiger partial charge in [-0.05, 0) is 29.5 Å². The van der Waals surface area contributed by atoms with Crippen LogP contribution in [0.4, 0.5) is 5.69 Å². The standard InChI is InChI=1S/C15H11NO4S/c1-8-7-21-13(15(19)20)12(8)16-11(17)6-9-4-2-3-5-10(9)14(16)18/h2-5,7H,6H2,1H3,(H,19,20). The normalized spacial score (nSPS) is 14.2. The minimum atomic E-state index is -1.14. The van der Waals surface area contributed by atoms with E-state index in [0.717, 1.165) is 16.2 Å². The van der Waals surface area contributed by atoms with Crippen molar-refractivity contribution < 1.29 is 19.5 Å². The largest absolute Gasteiger partial charge is 0.477 e. The van der Waals surface area contributed by atoms with Gasteiger partial charge in [-0.1, -0.05) is 18.2 Å². The van der Waals surface area contributed by atoms with E-state index in [4.69, 9.17) is 0 Å². The van der Waals surface area contributed by atoms with Crippen molar-refractivity contribution in [3.05, 3.63) is 51.2 Å². The fourth-order valence-corrected chi connectivity index (χ4v) is 3.32. The number of thiophene rings is 1. The molecule has 1 N–H and O–H groups in total. The lowest BCUT2D eigenvalue weighted by atomic mass is 9.97. The van der Waals surface area contributed by atoms with E-state index in [1.54, 1.807) is 36.6 Å². The molecule has 0 saturated carbocycles. The number of fused-ring (bicyclic) bond motifs is 1. The van der Waals surface area contributed by atoms with Crippen LogP contribution < -0.4 is 4.90 Å². The first kappa shape index (κ1) is 13.5. The second-order valence-corrected chi connectivity index (χ2v) is 5.65. The maximum atomic E-state index is 12.6. The highest BCUT2D eigenvalue weighted by Gasteiger charge is 2.35. The highest BCUT2D eigenvalue weighted by atomic mass is 32.1. The van der Waals surface area contributed by atoms with Crippen molar-refractivity contribution in [1.29, 1.82) is 0 Å². The van der Waals surface area contributed by atoms with Gasteiger partial charge in [-0.15, -0.1) is 11.3 Å². The van der Waals surface area contributed by atoms with E-state index >= 15 is 0 Å². The fourth-order valence-electron chi connectivity index (χ4n) is 2.45. The number of aryl methyl sites for hydroxylation is 1. The lowest BCUT2D eigenvalue weighted by molar-refractivity contribution is -0.117. The summed E-state index contributed by atoms with van der Waals surface area (Å²) in [4.78, 5) is 37.2. The monoisotopic (exact) mass is 301 g/mol. The maximum Gasteiger partial charge on any atom is 0.348 e. The molecule has 21 heavy (non-hydrogen) atoms. The Bertz CT molecular complexity index is 778. The topological polar surface area (TPSA) is 74.7 Å². The number of hydrogen-bond acceptors (Lipinski definition) is 4. The van der Waals surface area contributed by atoms with Gasteiger partial charge >= 0.3 is 5.97 Å². The number of benzene rings is 1. The van der Waals surface area contributed by atoms with Crippen molar-refractivity contribution in [3.63, 3.8) is 0 Å². The lowest BCUT2D eigenvalue weighted by Crippen LogP contribution is -2.43. The predicted octanol–water partition coefficient (Wildman–Crippen LogP) is 2.48. The van der Waals surface area contributed by atoms with E-state index in [-0.39, 0.29) is 17.0 Å². The molecule has 0 fully saturated rings. The molecule has 1 aliphatic heterocycles. The number of hydrogen-bond donors (Lipinski definition) is 1. The summed E-state index contributed by atoms with van der Waals surface area (Å²) in [5.74, 6) is -2.00. The van der Waals surface area contributed by atoms with Crippen LogP contribution in [0.25, 0.3) is 0 Å². The van der Waals surface area contributed by atoms with Crippen LogP contribution in [0.5, 0.6) is 0 Å². The number of amides is 2. The van der Waals surface area contributed by atoms with Crippen LogP contribution in [-0.4, -0.2) is 22.9 Å². The third-order valence-electron chi connectivity index (χ3n) is 3.40. The molecule has 2 amide bonds. The van der Waals surface area contributed by atoms with E-state index in [1.807, 2.05) is 0 Å². The molecule has 0 saturated heterocycles. The zero-order valence-electron chi connectivity index (χ0n) is 11.1. The van der Waals surface area contributed by atoms with E-state index in [0.29, 0.717) is 16.7 Å². The number of carbonyl (C=O) groups is 3. The van der Waals surface area contributed by atoms with Crippen LogP contribution in [0, 0.1) is 6.92 Å². The second kappa shape index (κ2) is 4.82. The molecule has 106 valence electrons. The molecule has 1 aliphatic rings. The van der Waals surface area contributed by atoms with Gasteiger partial charge in [0.05, 0.1) is 12.1 Å². The number of imide groups is 1. The maximum absolute atomic E-state index is 12.6. The molecule has 3 rings (SSSR count). The first-order valence-electron chi connectivity index (χ1n) is 6.27. The van der Waals surface area contributed by atoms with Crippen LogP contribution in [0.1, 0.15) is 31.2 Å². The van der Waals surface area contributed by atoms with Crippen molar-refractivity contribution >= 4 is 34.8 Å². The molecule has 1 aromatic heterocycles. The molecule has 6 heteroatoms. The van der Waals surface area contributed by atoms with Gasteiger partial charge in [0.2, 0.25) is 5.91 Å². The summed E-state index contributed by atoms with van der Waals surface area (Å²) in [5.41, 5.74) is 1.92. The smallest absolute Gasteiger partial charge is 0.348 e. The molecule has 0 radical (unpaired) electrons. The van der Waals surface area contributed by atoms with Crippen LogP contribution in [0.2, 0.25) is 0 Å². The van der Waals surface area contributed by atoms with Crippen LogP contribution in [0.15, 0.2) is 29.6 Å². The molecule has 0 unspecified atom stereocenters. The Morgan fingerprint density at radius 2 is 2.00 bits per heavy atom. The summed E-state index contributed by atoms with van der Waals surface area (Å²) >= 11 is 1.02. The van der Waals surface area contributed by atoms with Gasteiger partial charge in [-0.25, -0.2) is 9.69 Å². The van der Waals surface area contributed by atoms with Crippen molar-refractivity contribution in [2.75, 3.05) is 4.90 Å². The number of carboxylic acids is 1. The summed E-state index contributed by atoms with van der Waals surface area (Å²) in [7, 11) is 0. The molecular formula is C15H11NO4S. The Kier molecular flexibility index (Phi) is 3.10. The van der Waals surface area contributed by atoms with Crippen molar-refractivity contribution in [3.8, 4) is 0 Å². The first-order valence-corrected chi connectivity index (χ1v) is 7.15. The quantitative estimate of drug-likeness (QED) is 0.865. The first-order chi connectivity index (χ1) is 10.0. The highest BCUT2D eigenvalue weighted by molar-refractivity contribution is 7.12. The Hall–Kier alpha value is -2.47. The molecular weight excluding hydrogens is 290 g/mol. The predicted molar refractivity (Wildman–Crippen MR) is 78.0 cm³/mol. The van der Waals surface area contributed by atoms with Gasteiger partial charge in [-0.3, -0.25) is 9.59 Å². The summed E-state index contributed by atoms with van der Waals surface area (Å²) in [6.45, 7) is 1.69. The second-order valence-electron chi connectivity index (χ2n) is 4.77. The fraction of sp³-hybridized carbons (Fsp3) is 0.133. The average Bonchev–Trinajstić information content (AvgIpc) is 2.81. The van der Waals surface area contributed by atoms with Crippen molar-refractivity contribution in [2.45, 2.75) is 13.3 Å². The van der Waals surface area contributed by atoms with Crippen molar-refractivity contribution in [1.82, 2.24) is 0 Å². The molecule has 1 aromatic carbocycles. The number of anilines is 1. The molecule has 2 heterocycles. The van der Waals surface area contributed by atoms with Gasteiger partial charge in [0.25, 0.3) is 5.91 Å². The Balaban J connectivity index is 2.16. The molecule has 5 nitrogen and oxygen atoms in total. The Labute approximate surface area is 124 Å². The van der Waals surface area contributed by atoms with E-state index < -0.39 is 17.8 Å². The van der Waals surface area contributed by atoms with Gasteiger partial charge in [-0.2, -0.15) is 0 Å². The Morgan fingerprint density at radius 1 is 1.29 bits per heavy atom. The zero-order chi connectivity index (χ0) is 15.1. The number of aromatic carboxylic acids is 1. The number of carboxylic acid groups (broad SMARTS) is 1. The molecule has 0 spiro atoms. The molecule has 0 bridgehead atoms. The van der Waals surface area contributed by atoms with Gasteiger partial charge < -0.3 is 5.11 Å².